The number of piperidine rings is 1. The van der Waals surface area contributed by atoms with Crippen molar-refractivity contribution in [2.24, 2.45) is 0 Å². The van der Waals surface area contributed by atoms with Crippen molar-refractivity contribution in [2.45, 2.75) is 58.3 Å². The summed E-state index contributed by atoms with van der Waals surface area (Å²) in [5.41, 5.74) is 1.43. The molecule has 1 fully saturated rings. The van der Waals surface area contributed by atoms with Gasteiger partial charge < -0.3 is 14.2 Å². The number of para-hydroxylation sites is 2. The SMILES string of the molecule is COCCn1c2ccccc2n2c(=O)n(CC(=O)N3[C@@H](C)CCC[C@@H]3C)nc12. The first-order chi connectivity index (χ1) is 13.5. The maximum Gasteiger partial charge on any atom is 0.352 e. The number of carbonyl (C=O) groups excluding carboxylic acids is 1. The Balaban J connectivity index is 1.74. The van der Waals surface area contributed by atoms with Crippen LogP contribution in [0.5, 0.6) is 0 Å². The van der Waals surface area contributed by atoms with Crippen molar-refractivity contribution in [3.8, 4) is 0 Å². The van der Waals surface area contributed by atoms with E-state index in [1.807, 2.05) is 33.7 Å². The Bertz CT molecular complexity index is 1050. The van der Waals surface area contributed by atoms with Crippen molar-refractivity contribution < 1.29 is 9.53 Å². The van der Waals surface area contributed by atoms with Gasteiger partial charge in [0, 0.05) is 25.7 Å². The van der Waals surface area contributed by atoms with Crippen LogP contribution in [0.1, 0.15) is 33.1 Å². The van der Waals surface area contributed by atoms with Gasteiger partial charge in [-0.1, -0.05) is 12.1 Å². The van der Waals surface area contributed by atoms with Crippen LogP contribution in [0.2, 0.25) is 0 Å². The molecule has 28 heavy (non-hydrogen) atoms. The Hall–Kier alpha value is -2.61. The molecule has 2 atom stereocenters. The van der Waals surface area contributed by atoms with Gasteiger partial charge in [0.1, 0.15) is 6.54 Å². The second kappa shape index (κ2) is 7.43. The molecule has 3 heterocycles. The third-order valence-corrected chi connectivity index (χ3v) is 5.76. The highest BCUT2D eigenvalue weighted by molar-refractivity contribution is 5.81. The van der Waals surface area contributed by atoms with Gasteiger partial charge in [-0.15, -0.1) is 5.10 Å². The third-order valence-electron chi connectivity index (χ3n) is 5.76. The molecule has 2 aromatic heterocycles. The van der Waals surface area contributed by atoms with E-state index in [0.717, 1.165) is 30.3 Å². The summed E-state index contributed by atoms with van der Waals surface area (Å²) in [5, 5.41) is 4.51. The lowest BCUT2D eigenvalue weighted by Crippen LogP contribution is -2.49. The van der Waals surface area contributed by atoms with Crippen molar-refractivity contribution >= 4 is 22.7 Å². The van der Waals surface area contributed by atoms with Gasteiger partial charge in [0.05, 0.1) is 17.6 Å². The van der Waals surface area contributed by atoms with Crippen LogP contribution in [-0.2, 0) is 22.6 Å². The van der Waals surface area contributed by atoms with E-state index in [1.54, 1.807) is 11.5 Å². The largest absolute Gasteiger partial charge is 0.383 e. The molecule has 3 aromatic rings. The number of nitrogens with zero attached hydrogens (tertiary/aromatic N) is 5. The summed E-state index contributed by atoms with van der Waals surface area (Å²) in [6, 6.07) is 8.09. The predicted octanol–water partition coefficient (Wildman–Crippen LogP) is 1.89. The number of hydrogen-bond acceptors (Lipinski definition) is 4. The third kappa shape index (κ3) is 3.01. The molecule has 8 nitrogen and oxygen atoms in total. The first-order valence-corrected chi connectivity index (χ1v) is 9.89. The fourth-order valence-corrected chi connectivity index (χ4v) is 4.40. The van der Waals surface area contributed by atoms with Crippen molar-refractivity contribution in [1.82, 2.24) is 23.6 Å². The van der Waals surface area contributed by atoms with E-state index in [4.69, 9.17) is 4.74 Å². The average molecular weight is 385 g/mol. The highest BCUT2D eigenvalue weighted by Gasteiger charge is 2.30. The molecule has 1 aliphatic heterocycles. The number of carbonyl (C=O) groups is 1. The van der Waals surface area contributed by atoms with E-state index >= 15 is 0 Å². The summed E-state index contributed by atoms with van der Waals surface area (Å²) >= 11 is 0. The molecule has 0 spiro atoms. The average Bonchev–Trinajstić information content (AvgIpc) is 3.14. The molecule has 150 valence electrons. The number of likely N-dealkylation sites (tertiary alicyclic amines) is 1. The molecule has 4 rings (SSSR count). The van der Waals surface area contributed by atoms with Gasteiger partial charge in [0.15, 0.2) is 0 Å². The van der Waals surface area contributed by atoms with E-state index in [1.165, 1.54) is 4.68 Å². The van der Waals surface area contributed by atoms with Gasteiger partial charge >= 0.3 is 5.69 Å². The number of fused-ring (bicyclic) bond motifs is 3. The minimum absolute atomic E-state index is 0.0339. The molecule has 1 aromatic carbocycles. The zero-order chi connectivity index (χ0) is 19.8. The fourth-order valence-electron chi connectivity index (χ4n) is 4.40. The monoisotopic (exact) mass is 385 g/mol. The van der Waals surface area contributed by atoms with E-state index in [2.05, 4.69) is 18.9 Å². The van der Waals surface area contributed by atoms with Crippen LogP contribution < -0.4 is 5.69 Å². The lowest BCUT2D eigenvalue weighted by molar-refractivity contribution is -0.138. The lowest BCUT2D eigenvalue weighted by atomic mass is 9.97. The highest BCUT2D eigenvalue weighted by Crippen LogP contribution is 2.23. The minimum atomic E-state index is -0.284. The van der Waals surface area contributed by atoms with Gasteiger partial charge in [-0.05, 0) is 45.2 Å². The van der Waals surface area contributed by atoms with Gasteiger partial charge in [0.2, 0.25) is 11.7 Å². The minimum Gasteiger partial charge on any atom is -0.383 e. The van der Waals surface area contributed by atoms with Gasteiger partial charge in [-0.2, -0.15) is 0 Å². The molecular formula is C20H27N5O3. The normalized spacial score (nSPS) is 20.3. The van der Waals surface area contributed by atoms with E-state index in [-0.39, 0.29) is 30.2 Å². The van der Waals surface area contributed by atoms with Crippen molar-refractivity contribution in [3.63, 3.8) is 0 Å². The summed E-state index contributed by atoms with van der Waals surface area (Å²) in [6.45, 7) is 5.21. The second-order valence-corrected chi connectivity index (χ2v) is 7.64. The molecule has 0 saturated carbocycles. The number of hydrogen-bond donors (Lipinski definition) is 0. The summed E-state index contributed by atoms with van der Waals surface area (Å²) in [7, 11) is 1.65. The molecule has 1 amide bonds. The molecule has 1 aliphatic rings. The van der Waals surface area contributed by atoms with E-state index in [0.29, 0.717) is 18.9 Å². The first-order valence-electron chi connectivity index (χ1n) is 9.89. The van der Waals surface area contributed by atoms with E-state index < -0.39 is 0 Å². The summed E-state index contributed by atoms with van der Waals surface area (Å²) in [6.07, 6.45) is 3.14. The maximum absolute atomic E-state index is 13.1. The summed E-state index contributed by atoms with van der Waals surface area (Å²) in [5.74, 6) is 0.492. The number of methoxy groups -OCH3 is 1. The summed E-state index contributed by atoms with van der Waals surface area (Å²) in [4.78, 5) is 27.9. The Morgan fingerprint density at radius 2 is 1.86 bits per heavy atom. The van der Waals surface area contributed by atoms with Gasteiger partial charge in [0.25, 0.3) is 0 Å². The second-order valence-electron chi connectivity index (χ2n) is 7.64. The first kappa shape index (κ1) is 18.7. The lowest BCUT2D eigenvalue weighted by Gasteiger charge is -2.39. The molecule has 0 aliphatic carbocycles. The van der Waals surface area contributed by atoms with Gasteiger partial charge in [-0.3, -0.25) is 4.79 Å². The Kier molecular flexibility index (Phi) is 4.97. The number of rotatable bonds is 5. The molecule has 1 saturated heterocycles. The van der Waals surface area contributed by atoms with Crippen molar-refractivity contribution in [3.05, 3.63) is 34.7 Å². The number of benzene rings is 1. The number of amides is 1. The topological polar surface area (TPSA) is 73.8 Å². The maximum atomic E-state index is 13.1. The van der Waals surface area contributed by atoms with Crippen LogP contribution in [0, 0.1) is 0 Å². The molecule has 0 radical (unpaired) electrons. The zero-order valence-electron chi connectivity index (χ0n) is 16.7. The number of aromatic nitrogens is 4. The number of ether oxygens (including phenoxy) is 1. The van der Waals surface area contributed by atoms with Crippen LogP contribution >= 0.6 is 0 Å². The molecule has 8 heteroatoms. The smallest absolute Gasteiger partial charge is 0.352 e. The molecular weight excluding hydrogens is 358 g/mol. The van der Waals surface area contributed by atoms with Crippen LogP contribution in [0.25, 0.3) is 16.8 Å². The summed E-state index contributed by atoms with van der Waals surface area (Å²) < 4.78 is 10.1. The van der Waals surface area contributed by atoms with Gasteiger partial charge in [-0.25, -0.2) is 13.9 Å². The van der Waals surface area contributed by atoms with Crippen LogP contribution in [0.15, 0.2) is 29.1 Å². The van der Waals surface area contributed by atoms with E-state index in [9.17, 15) is 9.59 Å². The number of imidazole rings is 1. The van der Waals surface area contributed by atoms with Crippen molar-refractivity contribution in [2.75, 3.05) is 13.7 Å². The molecule has 0 bridgehead atoms. The Morgan fingerprint density at radius 3 is 2.54 bits per heavy atom. The Morgan fingerprint density at radius 1 is 1.18 bits per heavy atom. The fraction of sp³-hybridized carbons (Fsp3) is 0.550. The standard InChI is InChI=1S/C20H27N5O3/c1-14-7-6-8-15(2)24(14)18(26)13-23-20(27)25-17-10-5-4-9-16(17)22(11-12-28-3)19(25)21-23/h4-5,9-10,14-15H,6-8,11-13H2,1-3H3/t14-,15-/m0/s1. The molecule has 0 N–H and O–H groups in total. The van der Waals surface area contributed by atoms with Crippen molar-refractivity contribution in [1.29, 1.82) is 0 Å². The highest BCUT2D eigenvalue weighted by atomic mass is 16.5. The zero-order valence-corrected chi connectivity index (χ0v) is 16.7. The van der Waals surface area contributed by atoms with Crippen LogP contribution in [-0.4, -0.2) is 55.4 Å². The van der Waals surface area contributed by atoms with Crippen LogP contribution in [0.3, 0.4) is 0 Å². The van der Waals surface area contributed by atoms with Crippen LogP contribution in [0.4, 0.5) is 0 Å². The molecule has 0 unspecified atom stereocenters. The quantitative estimate of drug-likeness (QED) is 0.672. The Labute approximate surface area is 163 Å². The predicted molar refractivity (Wildman–Crippen MR) is 106 cm³/mol.